The van der Waals surface area contributed by atoms with Crippen LogP contribution >= 0.6 is 11.3 Å². The van der Waals surface area contributed by atoms with Gasteiger partial charge in [0, 0.05) is 35.9 Å². The third-order valence-electron chi connectivity index (χ3n) is 4.23. The first-order chi connectivity index (χ1) is 9.70. The topological polar surface area (TPSA) is 43.8 Å². The number of piperidine rings is 1. The standard InChI is InChI=1S/C15H22N2O2S/c18-15(19)12-8-17(9-12)11-14-5-4-13(20-14)10-16-6-2-1-3-7-16/h4-5,12H,1-3,6-11H2,(H,18,19). The summed E-state index contributed by atoms with van der Waals surface area (Å²) in [5.41, 5.74) is 0. The van der Waals surface area contributed by atoms with Gasteiger partial charge >= 0.3 is 5.97 Å². The minimum Gasteiger partial charge on any atom is -0.481 e. The molecule has 2 fully saturated rings. The van der Waals surface area contributed by atoms with E-state index in [9.17, 15) is 4.79 Å². The molecule has 0 atom stereocenters. The predicted molar refractivity (Wildman–Crippen MR) is 79.8 cm³/mol. The third-order valence-corrected chi connectivity index (χ3v) is 5.29. The predicted octanol–water partition coefficient (Wildman–Crippen LogP) is 2.25. The molecule has 0 aromatic carbocycles. The summed E-state index contributed by atoms with van der Waals surface area (Å²) in [5, 5.41) is 8.87. The van der Waals surface area contributed by atoms with Crippen LogP contribution in [0.4, 0.5) is 0 Å². The second-order valence-corrected chi connectivity index (χ2v) is 7.19. The first-order valence-electron chi connectivity index (χ1n) is 7.46. The van der Waals surface area contributed by atoms with Gasteiger partial charge in [0.15, 0.2) is 0 Å². The molecule has 2 aliphatic heterocycles. The van der Waals surface area contributed by atoms with Crippen molar-refractivity contribution in [1.82, 2.24) is 9.80 Å². The molecule has 0 saturated carbocycles. The Balaban J connectivity index is 1.46. The van der Waals surface area contributed by atoms with Crippen LogP contribution in [0.5, 0.6) is 0 Å². The number of carbonyl (C=O) groups is 1. The van der Waals surface area contributed by atoms with Gasteiger partial charge in [-0.1, -0.05) is 6.42 Å². The molecule has 0 unspecified atom stereocenters. The van der Waals surface area contributed by atoms with E-state index in [4.69, 9.17) is 5.11 Å². The van der Waals surface area contributed by atoms with Crippen molar-refractivity contribution in [2.75, 3.05) is 26.2 Å². The number of aliphatic carboxylic acids is 1. The lowest BCUT2D eigenvalue weighted by Gasteiger charge is -2.36. The smallest absolute Gasteiger partial charge is 0.309 e. The molecule has 1 aromatic heterocycles. The molecule has 1 aromatic rings. The molecule has 0 amide bonds. The Morgan fingerprint density at radius 3 is 2.30 bits per heavy atom. The largest absolute Gasteiger partial charge is 0.481 e. The van der Waals surface area contributed by atoms with Crippen molar-refractivity contribution >= 4 is 17.3 Å². The summed E-state index contributed by atoms with van der Waals surface area (Å²) < 4.78 is 0. The maximum absolute atomic E-state index is 10.8. The van der Waals surface area contributed by atoms with Gasteiger partial charge in [0.05, 0.1) is 5.92 Å². The van der Waals surface area contributed by atoms with E-state index in [0.717, 1.165) is 13.1 Å². The summed E-state index contributed by atoms with van der Waals surface area (Å²) in [4.78, 5) is 18.3. The van der Waals surface area contributed by atoms with Gasteiger partial charge in [-0.3, -0.25) is 14.6 Å². The molecule has 3 heterocycles. The van der Waals surface area contributed by atoms with Crippen LogP contribution in [0.15, 0.2) is 12.1 Å². The number of rotatable bonds is 5. The Kier molecular flexibility index (Phi) is 4.38. The number of likely N-dealkylation sites (tertiary alicyclic amines) is 2. The SMILES string of the molecule is O=C(O)C1CN(Cc2ccc(CN3CCCCC3)s2)C1. The monoisotopic (exact) mass is 294 g/mol. The average molecular weight is 294 g/mol. The fourth-order valence-corrected chi connectivity index (χ4v) is 4.11. The minimum absolute atomic E-state index is 0.150. The molecule has 2 aliphatic rings. The van der Waals surface area contributed by atoms with Crippen LogP contribution in [0.3, 0.4) is 0 Å². The number of hydrogen-bond donors (Lipinski definition) is 1. The fraction of sp³-hybridized carbons (Fsp3) is 0.667. The van der Waals surface area contributed by atoms with E-state index in [0.29, 0.717) is 13.1 Å². The van der Waals surface area contributed by atoms with Gasteiger partial charge in [-0.15, -0.1) is 11.3 Å². The quantitative estimate of drug-likeness (QED) is 0.904. The Morgan fingerprint density at radius 1 is 1.10 bits per heavy atom. The molecular formula is C15H22N2O2S. The van der Waals surface area contributed by atoms with E-state index in [2.05, 4.69) is 21.9 Å². The summed E-state index contributed by atoms with van der Waals surface area (Å²) in [5.74, 6) is -0.805. The third kappa shape index (κ3) is 3.40. The molecule has 2 saturated heterocycles. The summed E-state index contributed by atoms with van der Waals surface area (Å²) in [6, 6.07) is 4.45. The van der Waals surface area contributed by atoms with E-state index >= 15 is 0 Å². The van der Waals surface area contributed by atoms with Crippen molar-refractivity contribution < 1.29 is 9.90 Å². The van der Waals surface area contributed by atoms with Crippen molar-refractivity contribution in [3.63, 3.8) is 0 Å². The Hall–Kier alpha value is -0.910. The minimum atomic E-state index is -0.654. The molecule has 1 N–H and O–H groups in total. The molecule has 110 valence electrons. The van der Waals surface area contributed by atoms with Gasteiger partial charge in [0.2, 0.25) is 0 Å². The van der Waals surface area contributed by atoms with Gasteiger partial charge in [-0.2, -0.15) is 0 Å². The lowest BCUT2D eigenvalue weighted by molar-refractivity contribution is -0.147. The second-order valence-electron chi connectivity index (χ2n) is 5.93. The lowest BCUT2D eigenvalue weighted by atomic mass is 10.0. The van der Waals surface area contributed by atoms with Crippen molar-refractivity contribution in [2.45, 2.75) is 32.4 Å². The Labute approximate surface area is 124 Å². The van der Waals surface area contributed by atoms with Gasteiger partial charge in [0.25, 0.3) is 0 Å². The van der Waals surface area contributed by atoms with Crippen molar-refractivity contribution in [3.05, 3.63) is 21.9 Å². The summed E-state index contributed by atoms with van der Waals surface area (Å²) in [7, 11) is 0. The summed E-state index contributed by atoms with van der Waals surface area (Å²) >= 11 is 1.88. The van der Waals surface area contributed by atoms with Crippen molar-refractivity contribution in [3.8, 4) is 0 Å². The zero-order valence-corrected chi connectivity index (χ0v) is 12.6. The first-order valence-corrected chi connectivity index (χ1v) is 8.27. The molecule has 4 nitrogen and oxygen atoms in total. The highest BCUT2D eigenvalue weighted by molar-refractivity contribution is 7.11. The second kappa shape index (κ2) is 6.24. The highest BCUT2D eigenvalue weighted by atomic mass is 32.1. The molecule has 20 heavy (non-hydrogen) atoms. The molecule has 0 radical (unpaired) electrons. The first kappa shape index (κ1) is 14.0. The number of hydrogen-bond acceptors (Lipinski definition) is 4. The van der Waals surface area contributed by atoms with Gasteiger partial charge in [-0.25, -0.2) is 0 Å². The van der Waals surface area contributed by atoms with Gasteiger partial charge < -0.3 is 5.11 Å². The zero-order chi connectivity index (χ0) is 13.9. The maximum Gasteiger partial charge on any atom is 0.309 e. The maximum atomic E-state index is 10.8. The average Bonchev–Trinajstić information content (AvgIpc) is 2.81. The van der Waals surface area contributed by atoms with Crippen LogP contribution in [0.25, 0.3) is 0 Å². The van der Waals surface area contributed by atoms with E-state index in [1.54, 1.807) is 0 Å². The number of thiophene rings is 1. The molecule has 5 heteroatoms. The van der Waals surface area contributed by atoms with Crippen LogP contribution in [0, 0.1) is 5.92 Å². The fourth-order valence-electron chi connectivity index (χ4n) is 3.01. The lowest BCUT2D eigenvalue weighted by Crippen LogP contribution is -2.49. The van der Waals surface area contributed by atoms with Crippen LogP contribution in [0.2, 0.25) is 0 Å². The molecule has 0 bridgehead atoms. The highest BCUT2D eigenvalue weighted by Crippen LogP contribution is 2.25. The van der Waals surface area contributed by atoms with E-state index < -0.39 is 5.97 Å². The van der Waals surface area contributed by atoms with Gasteiger partial charge in [0.1, 0.15) is 0 Å². The normalized spacial score (nSPS) is 21.8. The highest BCUT2D eigenvalue weighted by Gasteiger charge is 2.32. The number of carboxylic acid groups (broad SMARTS) is 1. The van der Waals surface area contributed by atoms with Crippen LogP contribution in [-0.2, 0) is 17.9 Å². The zero-order valence-electron chi connectivity index (χ0n) is 11.8. The number of carboxylic acids is 1. The molecule has 3 rings (SSSR count). The van der Waals surface area contributed by atoms with Crippen LogP contribution < -0.4 is 0 Å². The van der Waals surface area contributed by atoms with Crippen molar-refractivity contribution in [1.29, 1.82) is 0 Å². The summed E-state index contributed by atoms with van der Waals surface area (Å²) in [6.07, 6.45) is 4.05. The van der Waals surface area contributed by atoms with Crippen LogP contribution in [-0.4, -0.2) is 47.1 Å². The van der Waals surface area contributed by atoms with Gasteiger partial charge in [-0.05, 0) is 38.1 Å². The van der Waals surface area contributed by atoms with Crippen LogP contribution in [0.1, 0.15) is 29.0 Å². The Morgan fingerprint density at radius 2 is 1.70 bits per heavy atom. The van der Waals surface area contributed by atoms with Crippen molar-refractivity contribution in [2.24, 2.45) is 5.92 Å². The Bertz CT molecular complexity index is 462. The number of nitrogens with zero attached hydrogens (tertiary/aromatic N) is 2. The summed E-state index contributed by atoms with van der Waals surface area (Å²) in [6.45, 7) is 5.87. The molecule has 0 spiro atoms. The molecular weight excluding hydrogens is 272 g/mol. The van der Waals surface area contributed by atoms with E-state index in [1.807, 2.05) is 11.3 Å². The van der Waals surface area contributed by atoms with E-state index in [1.165, 1.54) is 42.1 Å². The molecule has 0 aliphatic carbocycles. The van der Waals surface area contributed by atoms with E-state index in [-0.39, 0.29) is 5.92 Å².